The molecule has 26 heavy (non-hydrogen) atoms. The molecule has 2 aromatic carbocycles. The standard InChI is InChI=1S/C19H20F3NO3/c1-2-25-11-5-10-23-18(24)14-6-3-8-16(12-14)26-17-9-4-7-15(13-17)19(20,21)22/h3-4,6-9,12-13H,2,5,10-11H2,1H3,(H,23,24). The third kappa shape index (κ3) is 6.07. The van der Waals surface area contributed by atoms with E-state index in [4.69, 9.17) is 9.47 Å². The Kier molecular flexibility index (Phi) is 7.03. The quantitative estimate of drug-likeness (QED) is 0.691. The van der Waals surface area contributed by atoms with E-state index in [9.17, 15) is 18.0 Å². The van der Waals surface area contributed by atoms with E-state index in [1.54, 1.807) is 18.2 Å². The molecule has 0 aromatic heterocycles. The molecule has 0 radical (unpaired) electrons. The molecule has 7 heteroatoms. The van der Waals surface area contributed by atoms with Gasteiger partial charge in [0.15, 0.2) is 0 Å². The molecule has 0 aliphatic carbocycles. The van der Waals surface area contributed by atoms with Crippen LogP contribution in [0.25, 0.3) is 0 Å². The highest BCUT2D eigenvalue weighted by molar-refractivity contribution is 5.94. The molecular formula is C19H20F3NO3. The van der Waals surface area contributed by atoms with E-state index in [-0.39, 0.29) is 17.4 Å². The lowest BCUT2D eigenvalue weighted by Gasteiger charge is -2.11. The van der Waals surface area contributed by atoms with Gasteiger partial charge in [0, 0.05) is 25.3 Å². The minimum atomic E-state index is -4.44. The Morgan fingerprint density at radius 2 is 1.77 bits per heavy atom. The Balaban J connectivity index is 2.00. The summed E-state index contributed by atoms with van der Waals surface area (Å²) in [7, 11) is 0. The third-order valence-electron chi connectivity index (χ3n) is 3.45. The molecule has 0 aliphatic heterocycles. The maximum absolute atomic E-state index is 12.8. The second kappa shape index (κ2) is 9.24. The van der Waals surface area contributed by atoms with Crippen molar-refractivity contribution < 1.29 is 27.4 Å². The van der Waals surface area contributed by atoms with Crippen molar-refractivity contribution in [1.82, 2.24) is 5.32 Å². The van der Waals surface area contributed by atoms with E-state index < -0.39 is 11.7 Å². The van der Waals surface area contributed by atoms with Gasteiger partial charge in [0.25, 0.3) is 5.91 Å². The number of carbonyl (C=O) groups excluding carboxylic acids is 1. The first kappa shape index (κ1) is 19.8. The van der Waals surface area contributed by atoms with Crippen molar-refractivity contribution in [1.29, 1.82) is 0 Å². The van der Waals surface area contributed by atoms with Crippen LogP contribution in [0.15, 0.2) is 48.5 Å². The first-order chi connectivity index (χ1) is 12.4. The molecule has 4 nitrogen and oxygen atoms in total. The molecule has 0 heterocycles. The van der Waals surface area contributed by atoms with Crippen molar-refractivity contribution in [2.75, 3.05) is 19.8 Å². The number of amides is 1. The Bertz CT molecular complexity index is 732. The van der Waals surface area contributed by atoms with Gasteiger partial charge in [-0.25, -0.2) is 0 Å². The SMILES string of the molecule is CCOCCCNC(=O)c1cccc(Oc2cccc(C(F)(F)F)c2)c1. The summed E-state index contributed by atoms with van der Waals surface area (Å²) in [4.78, 5) is 12.1. The van der Waals surface area contributed by atoms with Gasteiger partial charge >= 0.3 is 6.18 Å². The number of carbonyl (C=O) groups is 1. The van der Waals surface area contributed by atoms with Gasteiger partial charge in [0.05, 0.1) is 5.56 Å². The van der Waals surface area contributed by atoms with Crippen LogP contribution in [0.2, 0.25) is 0 Å². The van der Waals surface area contributed by atoms with Gasteiger partial charge < -0.3 is 14.8 Å². The number of hydrogen-bond donors (Lipinski definition) is 1. The first-order valence-corrected chi connectivity index (χ1v) is 8.21. The van der Waals surface area contributed by atoms with Gasteiger partial charge in [0.1, 0.15) is 11.5 Å². The van der Waals surface area contributed by atoms with Crippen LogP contribution in [0.5, 0.6) is 11.5 Å². The molecule has 140 valence electrons. The summed E-state index contributed by atoms with van der Waals surface area (Å²) in [5.74, 6) is 0.0522. The highest BCUT2D eigenvalue weighted by Crippen LogP contribution is 2.32. The monoisotopic (exact) mass is 367 g/mol. The van der Waals surface area contributed by atoms with Crippen molar-refractivity contribution in [2.45, 2.75) is 19.5 Å². The second-order valence-electron chi connectivity index (χ2n) is 5.46. The zero-order chi connectivity index (χ0) is 19.0. The molecule has 2 aromatic rings. The summed E-state index contributed by atoms with van der Waals surface area (Å²) in [5.41, 5.74) is -0.427. The van der Waals surface area contributed by atoms with Crippen molar-refractivity contribution in [3.05, 3.63) is 59.7 Å². The predicted molar refractivity (Wildman–Crippen MR) is 91.4 cm³/mol. The van der Waals surface area contributed by atoms with E-state index >= 15 is 0 Å². The van der Waals surface area contributed by atoms with Crippen LogP contribution < -0.4 is 10.1 Å². The maximum atomic E-state index is 12.8. The highest BCUT2D eigenvalue weighted by Gasteiger charge is 2.30. The molecule has 0 aliphatic rings. The first-order valence-electron chi connectivity index (χ1n) is 8.21. The van der Waals surface area contributed by atoms with Gasteiger partial charge in [-0.05, 0) is 49.7 Å². The largest absolute Gasteiger partial charge is 0.457 e. The molecular weight excluding hydrogens is 347 g/mol. The Hall–Kier alpha value is -2.54. The fourth-order valence-electron chi connectivity index (χ4n) is 2.20. The summed E-state index contributed by atoms with van der Waals surface area (Å²) >= 11 is 0. The normalized spacial score (nSPS) is 11.2. The summed E-state index contributed by atoms with van der Waals surface area (Å²) < 4.78 is 48.9. The second-order valence-corrected chi connectivity index (χ2v) is 5.46. The number of nitrogens with one attached hydrogen (secondary N) is 1. The zero-order valence-corrected chi connectivity index (χ0v) is 14.3. The Morgan fingerprint density at radius 3 is 2.46 bits per heavy atom. The number of ether oxygens (including phenoxy) is 2. The topological polar surface area (TPSA) is 47.6 Å². The van der Waals surface area contributed by atoms with Crippen molar-refractivity contribution in [3.63, 3.8) is 0 Å². The number of alkyl halides is 3. The number of benzene rings is 2. The third-order valence-corrected chi connectivity index (χ3v) is 3.45. The predicted octanol–water partition coefficient (Wildman–Crippen LogP) is 4.65. The number of halogens is 3. The lowest BCUT2D eigenvalue weighted by Crippen LogP contribution is -2.25. The van der Waals surface area contributed by atoms with Crippen LogP contribution in [0.1, 0.15) is 29.3 Å². The molecule has 0 saturated heterocycles. The minimum absolute atomic E-state index is 0.0501. The lowest BCUT2D eigenvalue weighted by molar-refractivity contribution is -0.137. The maximum Gasteiger partial charge on any atom is 0.416 e. The van der Waals surface area contributed by atoms with Crippen LogP contribution in [0, 0.1) is 0 Å². The van der Waals surface area contributed by atoms with Crippen molar-refractivity contribution in [3.8, 4) is 11.5 Å². The molecule has 1 N–H and O–H groups in total. The van der Waals surface area contributed by atoms with E-state index in [0.29, 0.717) is 31.7 Å². The van der Waals surface area contributed by atoms with E-state index in [1.807, 2.05) is 6.92 Å². The molecule has 0 fully saturated rings. The van der Waals surface area contributed by atoms with E-state index in [2.05, 4.69) is 5.32 Å². The molecule has 2 rings (SSSR count). The smallest absolute Gasteiger partial charge is 0.416 e. The van der Waals surface area contributed by atoms with Gasteiger partial charge in [0.2, 0.25) is 0 Å². The van der Waals surface area contributed by atoms with Crippen LogP contribution in [0.4, 0.5) is 13.2 Å². The van der Waals surface area contributed by atoms with Crippen LogP contribution >= 0.6 is 0 Å². The summed E-state index contributed by atoms with van der Waals surface area (Å²) in [6, 6.07) is 10.9. The zero-order valence-electron chi connectivity index (χ0n) is 14.3. The average Bonchev–Trinajstić information content (AvgIpc) is 2.61. The Labute approximate surface area is 149 Å². The molecule has 0 spiro atoms. The van der Waals surface area contributed by atoms with Crippen LogP contribution in [-0.4, -0.2) is 25.7 Å². The van der Waals surface area contributed by atoms with Crippen LogP contribution in [-0.2, 0) is 10.9 Å². The van der Waals surface area contributed by atoms with E-state index in [0.717, 1.165) is 12.1 Å². The van der Waals surface area contributed by atoms with Crippen molar-refractivity contribution in [2.24, 2.45) is 0 Å². The molecule has 0 atom stereocenters. The van der Waals surface area contributed by atoms with Gasteiger partial charge in [-0.1, -0.05) is 12.1 Å². The van der Waals surface area contributed by atoms with Crippen molar-refractivity contribution >= 4 is 5.91 Å². The average molecular weight is 367 g/mol. The fraction of sp³-hybridized carbons (Fsp3) is 0.316. The summed E-state index contributed by atoms with van der Waals surface area (Å²) in [6.07, 6.45) is -3.75. The lowest BCUT2D eigenvalue weighted by atomic mass is 10.2. The van der Waals surface area contributed by atoms with E-state index in [1.165, 1.54) is 18.2 Å². The van der Waals surface area contributed by atoms with Gasteiger partial charge in [-0.15, -0.1) is 0 Å². The number of rotatable bonds is 8. The molecule has 0 unspecified atom stereocenters. The summed E-state index contributed by atoms with van der Waals surface area (Å²) in [5, 5.41) is 2.75. The van der Waals surface area contributed by atoms with Gasteiger partial charge in [-0.3, -0.25) is 4.79 Å². The molecule has 0 bridgehead atoms. The minimum Gasteiger partial charge on any atom is -0.457 e. The summed E-state index contributed by atoms with van der Waals surface area (Å²) in [6.45, 7) is 3.56. The molecule has 1 amide bonds. The molecule has 0 saturated carbocycles. The number of hydrogen-bond acceptors (Lipinski definition) is 3. The van der Waals surface area contributed by atoms with Crippen LogP contribution in [0.3, 0.4) is 0 Å². The Morgan fingerprint density at radius 1 is 1.08 bits per heavy atom. The van der Waals surface area contributed by atoms with Gasteiger partial charge in [-0.2, -0.15) is 13.2 Å². The fourth-order valence-corrected chi connectivity index (χ4v) is 2.20. The highest BCUT2D eigenvalue weighted by atomic mass is 19.4.